The molecule has 0 unspecified atom stereocenters. The summed E-state index contributed by atoms with van der Waals surface area (Å²) in [6, 6.07) is 2.00. The van der Waals surface area contributed by atoms with Gasteiger partial charge in [0.2, 0.25) is 0 Å². The third kappa shape index (κ3) is 2.21. The van der Waals surface area contributed by atoms with Crippen molar-refractivity contribution in [3.63, 3.8) is 0 Å². The normalized spacial score (nSPS) is 17.5. The van der Waals surface area contributed by atoms with Crippen LogP contribution in [0.5, 0.6) is 0 Å². The van der Waals surface area contributed by atoms with Crippen LogP contribution in [0.2, 0.25) is 0 Å². The molecule has 76 valence electrons. The summed E-state index contributed by atoms with van der Waals surface area (Å²) in [6.07, 6.45) is 7.20. The minimum Gasteiger partial charge on any atom is -0.397 e. The largest absolute Gasteiger partial charge is 0.397 e. The maximum absolute atomic E-state index is 5.66. The molecule has 1 aliphatic rings. The Balaban J connectivity index is 2.08. The summed E-state index contributed by atoms with van der Waals surface area (Å²) in [5, 5.41) is 1.94. The van der Waals surface area contributed by atoms with Gasteiger partial charge in [-0.1, -0.05) is 12.8 Å². The average Bonchev–Trinajstić information content (AvgIpc) is 2.62. The molecule has 2 nitrogen and oxygen atoms in total. The van der Waals surface area contributed by atoms with Crippen LogP contribution in [-0.4, -0.2) is 10.2 Å². The van der Waals surface area contributed by atoms with Crippen molar-refractivity contribution in [3.05, 3.63) is 17.8 Å². The number of rotatable bonds is 2. The van der Waals surface area contributed by atoms with Gasteiger partial charge >= 0.3 is 0 Å². The summed E-state index contributed by atoms with van der Waals surface area (Å²) in [4.78, 5) is 4.38. The van der Waals surface area contributed by atoms with Crippen LogP contribution in [0.1, 0.15) is 31.2 Å². The summed E-state index contributed by atoms with van der Waals surface area (Å²) < 4.78 is 0. The number of thioether (sulfide) groups is 1. The van der Waals surface area contributed by atoms with Gasteiger partial charge in [-0.25, -0.2) is 4.98 Å². The molecule has 1 heterocycles. The highest BCUT2D eigenvalue weighted by atomic mass is 32.2. The van der Waals surface area contributed by atoms with E-state index in [1.807, 2.05) is 17.8 Å². The van der Waals surface area contributed by atoms with Crippen LogP contribution in [0.25, 0.3) is 0 Å². The van der Waals surface area contributed by atoms with Gasteiger partial charge in [-0.05, 0) is 31.4 Å². The molecule has 2 rings (SSSR count). The molecule has 0 atom stereocenters. The molecule has 0 bridgehead atoms. The van der Waals surface area contributed by atoms with E-state index in [0.717, 1.165) is 16.0 Å². The molecule has 14 heavy (non-hydrogen) atoms. The van der Waals surface area contributed by atoms with E-state index >= 15 is 0 Å². The fourth-order valence-corrected chi connectivity index (χ4v) is 3.11. The Hall–Kier alpha value is -0.700. The first kappa shape index (κ1) is 9.84. The minimum atomic E-state index is 0.762. The van der Waals surface area contributed by atoms with E-state index < -0.39 is 0 Å². The van der Waals surface area contributed by atoms with E-state index in [0.29, 0.717) is 0 Å². The fraction of sp³-hybridized carbons (Fsp3) is 0.545. The standard InChI is InChI=1S/C11H16N2S/c1-8-6-9(12)7-13-11(8)14-10-4-2-3-5-10/h6-7,10H,2-5,12H2,1H3. The predicted octanol–water partition coefficient (Wildman–Crippen LogP) is 3.01. The molecule has 3 heteroatoms. The van der Waals surface area contributed by atoms with E-state index in [4.69, 9.17) is 5.73 Å². The Labute approximate surface area is 89.3 Å². The maximum atomic E-state index is 5.66. The fourth-order valence-electron chi connectivity index (χ4n) is 1.87. The Morgan fingerprint density at radius 1 is 1.43 bits per heavy atom. The van der Waals surface area contributed by atoms with Crippen molar-refractivity contribution >= 4 is 17.4 Å². The van der Waals surface area contributed by atoms with Gasteiger partial charge in [0.25, 0.3) is 0 Å². The zero-order chi connectivity index (χ0) is 9.97. The average molecular weight is 208 g/mol. The third-order valence-electron chi connectivity index (χ3n) is 2.63. The van der Waals surface area contributed by atoms with E-state index in [1.54, 1.807) is 6.20 Å². The molecule has 0 aromatic carbocycles. The summed E-state index contributed by atoms with van der Waals surface area (Å²) in [5.41, 5.74) is 7.64. The topological polar surface area (TPSA) is 38.9 Å². The van der Waals surface area contributed by atoms with Crippen molar-refractivity contribution in [1.82, 2.24) is 4.98 Å². The monoisotopic (exact) mass is 208 g/mol. The molecule has 0 radical (unpaired) electrons. The second-order valence-electron chi connectivity index (χ2n) is 3.92. The van der Waals surface area contributed by atoms with Crippen LogP contribution < -0.4 is 5.73 Å². The van der Waals surface area contributed by atoms with Crippen molar-refractivity contribution in [2.75, 3.05) is 5.73 Å². The quantitative estimate of drug-likeness (QED) is 0.812. The second-order valence-corrected chi connectivity index (χ2v) is 5.20. The van der Waals surface area contributed by atoms with Gasteiger partial charge < -0.3 is 5.73 Å². The van der Waals surface area contributed by atoms with E-state index in [9.17, 15) is 0 Å². The van der Waals surface area contributed by atoms with Crippen molar-refractivity contribution in [2.45, 2.75) is 42.9 Å². The van der Waals surface area contributed by atoms with Crippen LogP contribution in [0.15, 0.2) is 17.3 Å². The zero-order valence-corrected chi connectivity index (χ0v) is 9.31. The Morgan fingerprint density at radius 2 is 2.14 bits per heavy atom. The number of hydrogen-bond acceptors (Lipinski definition) is 3. The highest BCUT2D eigenvalue weighted by Gasteiger charge is 2.17. The Morgan fingerprint density at radius 3 is 2.79 bits per heavy atom. The lowest BCUT2D eigenvalue weighted by Crippen LogP contribution is -1.97. The van der Waals surface area contributed by atoms with Crippen molar-refractivity contribution in [3.8, 4) is 0 Å². The lowest BCUT2D eigenvalue weighted by molar-refractivity contribution is 0.886. The van der Waals surface area contributed by atoms with Gasteiger partial charge in [0, 0.05) is 5.25 Å². The van der Waals surface area contributed by atoms with Crippen molar-refractivity contribution in [2.24, 2.45) is 0 Å². The second kappa shape index (κ2) is 4.22. The molecular weight excluding hydrogens is 192 g/mol. The molecule has 0 aliphatic heterocycles. The highest BCUT2D eigenvalue weighted by Crippen LogP contribution is 2.35. The first-order chi connectivity index (χ1) is 6.75. The lowest BCUT2D eigenvalue weighted by Gasteiger charge is -2.10. The molecule has 1 fully saturated rings. The van der Waals surface area contributed by atoms with Crippen LogP contribution >= 0.6 is 11.8 Å². The number of hydrogen-bond donors (Lipinski definition) is 1. The molecule has 1 aliphatic carbocycles. The molecule has 0 spiro atoms. The summed E-state index contributed by atoms with van der Waals surface area (Å²) in [7, 11) is 0. The number of anilines is 1. The lowest BCUT2D eigenvalue weighted by atomic mass is 10.3. The summed E-state index contributed by atoms with van der Waals surface area (Å²) >= 11 is 1.92. The smallest absolute Gasteiger partial charge is 0.0993 e. The number of aromatic nitrogens is 1. The third-order valence-corrected chi connectivity index (χ3v) is 4.09. The van der Waals surface area contributed by atoms with E-state index in [2.05, 4.69) is 11.9 Å². The number of nitrogens with two attached hydrogens (primary N) is 1. The molecule has 2 N–H and O–H groups in total. The van der Waals surface area contributed by atoms with Crippen molar-refractivity contribution in [1.29, 1.82) is 0 Å². The number of nitrogen functional groups attached to an aromatic ring is 1. The van der Waals surface area contributed by atoms with Crippen LogP contribution in [0, 0.1) is 6.92 Å². The van der Waals surface area contributed by atoms with E-state index in [-0.39, 0.29) is 0 Å². The van der Waals surface area contributed by atoms with E-state index in [1.165, 1.54) is 31.2 Å². The van der Waals surface area contributed by atoms with Gasteiger partial charge in [-0.15, -0.1) is 11.8 Å². The molecular formula is C11H16N2S. The van der Waals surface area contributed by atoms with Gasteiger partial charge in [0.1, 0.15) is 0 Å². The number of aryl methyl sites for hydroxylation is 1. The molecule has 1 aromatic rings. The van der Waals surface area contributed by atoms with Gasteiger partial charge in [-0.2, -0.15) is 0 Å². The molecule has 1 saturated carbocycles. The Kier molecular flexibility index (Phi) is 2.96. The SMILES string of the molecule is Cc1cc(N)cnc1SC1CCCC1. The molecule has 0 saturated heterocycles. The predicted molar refractivity (Wildman–Crippen MR) is 61.5 cm³/mol. The van der Waals surface area contributed by atoms with Gasteiger partial charge in [-0.3, -0.25) is 0 Å². The van der Waals surface area contributed by atoms with Gasteiger partial charge in [0.05, 0.1) is 16.9 Å². The van der Waals surface area contributed by atoms with Crippen molar-refractivity contribution < 1.29 is 0 Å². The van der Waals surface area contributed by atoms with Crippen LogP contribution in [0.3, 0.4) is 0 Å². The molecule has 0 amide bonds. The maximum Gasteiger partial charge on any atom is 0.0993 e. The first-order valence-corrected chi connectivity index (χ1v) is 6.02. The summed E-state index contributed by atoms with van der Waals surface area (Å²) in [6.45, 7) is 2.08. The Bertz CT molecular complexity index is 319. The summed E-state index contributed by atoms with van der Waals surface area (Å²) in [5.74, 6) is 0. The molecule has 1 aromatic heterocycles. The zero-order valence-electron chi connectivity index (χ0n) is 8.49. The first-order valence-electron chi connectivity index (χ1n) is 5.14. The number of nitrogens with zero attached hydrogens (tertiary/aromatic N) is 1. The minimum absolute atomic E-state index is 0.762. The number of pyridine rings is 1. The van der Waals surface area contributed by atoms with Gasteiger partial charge in [0.15, 0.2) is 0 Å². The highest BCUT2D eigenvalue weighted by molar-refractivity contribution is 7.99. The van der Waals surface area contributed by atoms with Crippen LogP contribution in [0.4, 0.5) is 5.69 Å². The van der Waals surface area contributed by atoms with Crippen LogP contribution in [-0.2, 0) is 0 Å².